The summed E-state index contributed by atoms with van der Waals surface area (Å²) in [6.07, 6.45) is 3.54. The van der Waals surface area contributed by atoms with Crippen molar-refractivity contribution in [1.82, 2.24) is 14.7 Å². The quantitative estimate of drug-likeness (QED) is 0.641. The Morgan fingerprint density at radius 1 is 0.971 bits per heavy atom. The Kier molecular flexibility index (Phi) is 7.43. The second-order valence-electron chi connectivity index (χ2n) is 9.70. The SMILES string of the molecule is COc1c(C)cc(-c2ccc(CC3C(=O)N(CC(=O)N4CCCCC4)CC(=O)N3C)cc2)cc1C. The van der Waals surface area contributed by atoms with Crippen molar-refractivity contribution < 1.29 is 19.1 Å². The van der Waals surface area contributed by atoms with Gasteiger partial charge in [0.1, 0.15) is 24.9 Å². The standard InChI is InChI=1S/C28H35N3O4/c1-19-14-23(15-20(2)27(19)35-4)22-10-8-21(9-11-22)16-24-28(34)31(17-25(32)29(24)3)18-26(33)30-12-6-5-7-13-30/h8-11,14-15,24H,5-7,12-13,16-18H2,1-4H3. The summed E-state index contributed by atoms with van der Waals surface area (Å²) in [7, 11) is 3.36. The van der Waals surface area contributed by atoms with Gasteiger partial charge in [0, 0.05) is 26.6 Å². The topological polar surface area (TPSA) is 70.2 Å². The van der Waals surface area contributed by atoms with Gasteiger partial charge in [0.2, 0.25) is 17.7 Å². The van der Waals surface area contributed by atoms with Gasteiger partial charge in [-0.05, 0) is 73.1 Å². The molecule has 35 heavy (non-hydrogen) atoms. The lowest BCUT2D eigenvalue weighted by molar-refractivity contribution is -0.156. The van der Waals surface area contributed by atoms with Gasteiger partial charge < -0.3 is 19.4 Å². The van der Waals surface area contributed by atoms with E-state index in [1.807, 2.05) is 43.0 Å². The average molecular weight is 478 g/mol. The lowest BCUT2D eigenvalue weighted by Gasteiger charge is -2.39. The van der Waals surface area contributed by atoms with Gasteiger partial charge in [-0.2, -0.15) is 0 Å². The Morgan fingerprint density at radius 2 is 1.60 bits per heavy atom. The number of ether oxygens (including phenoxy) is 1. The number of piperidine rings is 1. The first-order chi connectivity index (χ1) is 16.8. The highest BCUT2D eigenvalue weighted by molar-refractivity contribution is 5.97. The maximum absolute atomic E-state index is 13.3. The largest absolute Gasteiger partial charge is 0.496 e. The highest BCUT2D eigenvalue weighted by Gasteiger charge is 2.38. The summed E-state index contributed by atoms with van der Waals surface area (Å²) >= 11 is 0. The molecular formula is C28H35N3O4. The Morgan fingerprint density at radius 3 is 2.20 bits per heavy atom. The molecule has 7 heteroatoms. The van der Waals surface area contributed by atoms with Gasteiger partial charge in [-0.3, -0.25) is 14.4 Å². The lowest BCUT2D eigenvalue weighted by atomic mass is 9.96. The van der Waals surface area contributed by atoms with Crippen molar-refractivity contribution in [2.75, 3.05) is 40.3 Å². The summed E-state index contributed by atoms with van der Waals surface area (Å²) in [6, 6.07) is 11.7. The third kappa shape index (κ3) is 5.34. The number of likely N-dealkylation sites (tertiary alicyclic amines) is 1. The first-order valence-corrected chi connectivity index (χ1v) is 12.3. The molecule has 7 nitrogen and oxygen atoms in total. The Hall–Kier alpha value is -3.35. The van der Waals surface area contributed by atoms with Crippen molar-refractivity contribution in [3.63, 3.8) is 0 Å². The fraction of sp³-hybridized carbons (Fsp3) is 0.464. The molecule has 0 bridgehead atoms. The summed E-state index contributed by atoms with van der Waals surface area (Å²) in [6.45, 7) is 5.47. The second kappa shape index (κ2) is 10.5. The van der Waals surface area contributed by atoms with Crippen LogP contribution in [0.3, 0.4) is 0 Å². The van der Waals surface area contributed by atoms with E-state index in [2.05, 4.69) is 12.1 Å². The number of likely N-dealkylation sites (N-methyl/N-ethyl adjacent to an activating group) is 1. The van der Waals surface area contributed by atoms with Crippen molar-refractivity contribution in [3.05, 3.63) is 53.1 Å². The zero-order valence-corrected chi connectivity index (χ0v) is 21.2. The number of carbonyl (C=O) groups excluding carboxylic acids is 3. The number of benzene rings is 2. The van der Waals surface area contributed by atoms with Gasteiger partial charge in [-0.25, -0.2) is 0 Å². The maximum atomic E-state index is 13.3. The zero-order valence-electron chi connectivity index (χ0n) is 21.2. The van der Waals surface area contributed by atoms with Crippen LogP contribution in [0.2, 0.25) is 0 Å². The van der Waals surface area contributed by atoms with E-state index in [4.69, 9.17) is 4.74 Å². The monoisotopic (exact) mass is 477 g/mol. The summed E-state index contributed by atoms with van der Waals surface area (Å²) in [5.74, 6) is 0.533. The van der Waals surface area contributed by atoms with Crippen LogP contribution in [-0.4, -0.2) is 78.8 Å². The van der Waals surface area contributed by atoms with Crippen LogP contribution in [0.4, 0.5) is 0 Å². The molecule has 1 atom stereocenters. The van der Waals surface area contributed by atoms with Crippen molar-refractivity contribution in [2.45, 2.75) is 45.6 Å². The van der Waals surface area contributed by atoms with Gasteiger partial charge in [-0.15, -0.1) is 0 Å². The molecule has 0 spiro atoms. The number of hydrogen-bond donors (Lipinski definition) is 0. The van der Waals surface area contributed by atoms with Crippen molar-refractivity contribution in [2.24, 2.45) is 0 Å². The summed E-state index contributed by atoms with van der Waals surface area (Å²) in [5.41, 5.74) is 5.32. The number of piperazine rings is 1. The fourth-order valence-electron chi connectivity index (χ4n) is 5.16. The predicted octanol–water partition coefficient (Wildman–Crippen LogP) is 3.20. The summed E-state index contributed by atoms with van der Waals surface area (Å²) in [5, 5.41) is 0. The molecule has 2 aromatic carbocycles. The van der Waals surface area contributed by atoms with E-state index in [1.54, 1.807) is 14.2 Å². The van der Waals surface area contributed by atoms with Crippen LogP contribution in [0.5, 0.6) is 5.75 Å². The number of rotatable bonds is 6. The zero-order chi connectivity index (χ0) is 25.1. The van der Waals surface area contributed by atoms with Crippen LogP contribution in [0.25, 0.3) is 11.1 Å². The van der Waals surface area contributed by atoms with Gasteiger partial charge in [0.25, 0.3) is 0 Å². The Bertz CT molecular complexity index is 1080. The molecule has 186 valence electrons. The summed E-state index contributed by atoms with van der Waals surface area (Å²) in [4.78, 5) is 43.4. The molecule has 2 saturated heterocycles. The third-order valence-electron chi connectivity index (χ3n) is 7.20. The molecule has 1 unspecified atom stereocenters. The molecule has 0 N–H and O–H groups in total. The highest BCUT2D eigenvalue weighted by Crippen LogP contribution is 2.30. The minimum absolute atomic E-state index is 0.0238. The number of methoxy groups -OCH3 is 1. The lowest BCUT2D eigenvalue weighted by Crippen LogP contribution is -2.60. The number of nitrogens with zero attached hydrogens (tertiary/aromatic N) is 3. The van der Waals surface area contributed by atoms with E-state index in [-0.39, 0.29) is 30.8 Å². The Labute approximate surface area is 207 Å². The molecule has 0 aliphatic carbocycles. The Balaban J connectivity index is 1.46. The molecule has 3 amide bonds. The van der Waals surface area contributed by atoms with Crippen molar-refractivity contribution in [1.29, 1.82) is 0 Å². The molecular weight excluding hydrogens is 442 g/mol. The fourth-order valence-corrected chi connectivity index (χ4v) is 5.16. The van der Waals surface area contributed by atoms with E-state index in [0.717, 1.165) is 65.9 Å². The van der Waals surface area contributed by atoms with Gasteiger partial charge in [0.15, 0.2) is 0 Å². The van der Waals surface area contributed by atoms with Crippen LogP contribution >= 0.6 is 0 Å². The molecule has 2 aliphatic heterocycles. The predicted molar refractivity (Wildman–Crippen MR) is 135 cm³/mol. The summed E-state index contributed by atoms with van der Waals surface area (Å²) < 4.78 is 5.47. The van der Waals surface area contributed by atoms with Gasteiger partial charge in [-0.1, -0.05) is 24.3 Å². The van der Waals surface area contributed by atoms with Crippen molar-refractivity contribution >= 4 is 17.7 Å². The van der Waals surface area contributed by atoms with Crippen LogP contribution in [-0.2, 0) is 20.8 Å². The molecule has 2 heterocycles. The molecule has 2 aromatic rings. The van der Waals surface area contributed by atoms with E-state index < -0.39 is 6.04 Å². The average Bonchev–Trinajstić information content (AvgIpc) is 2.86. The van der Waals surface area contributed by atoms with Crippen LogP contribution in [0.15, 0.2) is 36.4 Å². The normalized spacial score (nSPS) is 18.7. The first-order valence-electron chi connectivity index (χ1n) is 12.3. The number of amides is 3. The molecule has 2 fully saturated rings. The van der Waals surface area contributed by atoms with E-state index in [0.29, 0.717) is 6.42 Å². The molecule has 4 rings (SSSR count). The second-order valence-corrected chi connectivity index (χ2v) is 9.70. The van der Waals surface area contributed by atoms with E-state index in [1.165, 1.54) is 9.80 Å². The smallest absolute Gasteiger partial charge is 0.246 e. The van der Waals surface area contributed by atoms with Crippen LogP contribution < -0.4 is 4.74 Å². The molecule has 0 radical (unpaired) electrons. The molecule has 0 saturated carbocycles. The molecule has 0 aromatic heterocycles. The highest BCUT2D eigenvalue weighted by atomic mass is 16.5. The molecule has 2 aliphatic rings. The van der Waals surface area contributed by atoms with E-state index >= 15 is 0 Å². The number of aryl methyl sites for hydroxylation is 2. The first kappa shape index (κ1) is 24.8. The van der Waals surface area contributed by atoms with Gasteiger partial charge in [0.05, 0.1) is 7.11 Å². The van der Waals surface area contributed by atoms with Crippen molar-refractivity contribution in [3.8, 4) is 16.9 Å². The van der Waals surface area contributed by atoms with E-state index in [9.17, 15) is 14.4 Å². The van der Waals surface area contributed by atoms with Crippen LogP contribution in [0, 0.1) is 13.8 Å². The maximum Gasteiger partial charge on any atom is 0.246 e. The number of hydrogen-bond acceptors (Lipinski definition) is 4. The van der Waals surface area contributed by atoms with Crippen LogP contribution in [0.1, 0.15) is 36.0 Å². The van der Waals surface area contributed by atoms with Gasteiger partial charge >= 0.3 is 0 Å². The minimum Gasteiger partial charge on any atom is -0.496 e. The third-order valence-corrected chi connectivity index (χ3v) is 7.20. The number of carbonyl (C=O) groups is 3. The minimum atomic E-state index is -0.610.